The molecule has 0 saturated carbocycles. The van der Waals surface area contributed by atoms with Crippen molar-refractivity contribution in [2.75, 3.05) is 0 Å². The van der Waals surface area contributed by atoms with Gasteiger partial charge in [-0.05, 0) is 29.5 Å². The molecule has 6 heteroatoms. The van der Waals surface area contributed by atoms with E-state index in [1.54, 1.807) is 23.1 Å². The molecule has 0 aliphatic rings. The minimum absolute atomic E-state index is 0.0399. The van der Waals surface area contributed by atoms with E-state index in [1.807, 2.05) is 0 Å². The first-order valence-corrected chi connectivity index (χ1v) is 7.71. The maximum absolute atomic E-state index is 13.1. The average Bonchev–Trinajstić information content (AvgIpc) is 2.97. The van der Waals surface area contributed by atoms with Crippen LogP contribution in [0.15, 0.2) is 36.9 Å². The lowest BCUT2D eigenvalue weighted by Crippen LogP contribution is -2.31. The fourth-order valence-electron chi connectivity index (χ4n) is 2.39. The summed E-state index contributed by atoms with van der Waals surface area (Å²) in [6, 6.07) is 6.16. The van der Waals surface area contributed by atoms with Crippen molar-refractivity contribution >= 4 is 5.91 Å². The summed E-state index contributed by atoms with van der Waals surface area (Å²) in [7, 11) is 0. The highest BCUT2D eigenvalue weighted by molar-refractivity contribution is 5.76. The van der Waals surface area contributed by atoms with Gasteiger partial charge in [-0.25, -0.2) is 9.37 Å². The Balaban J connectivity index is 2.01. The molecule has 0 spiro atoms. The highest BCUT2D eigenvalue weighted by Crippen LogP contribution is 2.29. The molecular weight excluding hydrogens is 295 g/mol. The van der Waals surface area contributed by atoms with Crippen LogP contribution in [0.2, 0.25) is 0 Å². The predicted molar refractivity (Wildman–Crippen MR) is 86.0 cm³/mol. The Labute approximate surface area is 135 Å². The van der Waals surface area contributed by atoms with E-state index in [4.69, 9.17) is 0 Å². The van der Waals surface area contributed by atoms with Crippen molar-refractivity contribution in [3.05, 3.63) is 48.3 Å². The molecule has 0 saturated heterocycles. The lowest BCUT2D eigenvalue weighted by Gasteiger charge is -2.27. The number of carbonyl (C=O) groups is 1. The average molecular weight is 318 g/mol. The molecule has 1 N–H and O–H groups in total. The minimum atomic E-state index is -0.277. The zero-order chi connectivity index (χ0) is 16.9. The Bertz CT molecular complexity index is 617. The summed E-state index contributed by atoms with van der Waals surface area (Å²) in [5, 5.41) is 7.03. The van der Waals surface area contributed by atoms with E-state index >= 15 is 0 Å². The number of benzene rings is 1. The third kappa shape index (κ3) is 5.81. The van der Waals surface area contributed by atoms with Crippen LogP contribution < -0.4 is 5.32 Å². The van der Waals surface area contributed by atoms with Crippen molar-refractivity contribution in [2.24, 2.45) is 5.41 Å². The van der Waals surface area contributed by atoms with Gasteiger partial charge in [0.15, 0.2) is 0 Å². The summed E-state index contributed by atoms with van der Waals surface area (Å²) >= 11 is 0. The number of carbonyl (C=O) groups excluding carboxylic acids is 1. The van der Waals surface area contributed by atoms with Crippen molar-refractivity contribution in [1.82, 2.24) is 20.1 Å². The van der Waals surface area contributed by atoms with Crippen molar-refractivity contribution in [3.8, 4) is 0 Å². The Morgan fingerprint density at radius 3 is 2.57 bits per heavy atom. The summed E-state index contributed by atoms with van der Waals surface area (Å²) in [6.07, 6.45) is 4.12. The molecule has 2 rings (SSSR count). The minimum Gasteiger partial charge on any atom is -0.349 e. The van der Waals surface area contributed by atoms with Crippen LogP contribution >= 0.6 is 0 Å². The molecule has 2 aromatic rings. The number of rotatable bonds is 6. The molecular formula is C17H23FN4O. The van der Waals surface area contributed by atoms with Crippen LogP contribution in [0.1, 0.15) is 45.2 Å². The largest absolute Gasteiger partial charge is 0.349 e. The standard InChI is InChI=1S/C17H23FN4O/c1-17(2,3)10-15(13-4-6-14(18)7-5-13)21-16(23)8-9-22-12-19-11-20-22/h4-7,11-12,15H,8-10H2,1-3H3,(H,21,23)/t15-/m0/s1. The predicted octanol–water partition coefficient (Wildman–Crippen LogP) is 3.10. The Morgan fingerprint density at radius 1 is 1.30 bits per heavy atom. The normalized spacial score (nSPS) is 12.9. The lowest BCUT2D eigenvalue weighted by molar-refractivity contribution is -0.122. The van der Waals surface area contributed by atoms with Gasteiger partial charge in [-0.2, -0.15) is 5.10 Å². The fourth-order valence-corrected chi connectivity index (χ4v) is 2.39. The summed E-state index contributed by atoms with van der Waals surface area (Å²) < 4.78 is 14.7. The summed E-state index contributed by atoms with van der Waals surface area (Å²) in [5.74, 6) is -0.333. The van der Waals surface area contributed by atoms with Gasteiger partial charge >= 0.3 is 0 Å². The van der Waals surface area contributed by atoms with E-state index in [-0.39, 0.29) is 23.2 Å². The fraction of sp³-hybridized carbons (Fsp3) is 0.471. The van der Waals surface area contributed by atoms with Crippen LogP contribution in [0.4, 0.5) is 4.39 Å². The van der Waals surface area contributed by atoms with Crippen LogP contribution in [0.5, 0.6) is 0 Å². The van der Waals surface area contributed by atoms with Gasteiger partial charge in [-0.3, -0.25) is 9.48 Å². The van der Waals surface area contributed by atoms with E-state index in [0.717, 1.165) is 12.0 Å². The molecule has 0 radical (unpaired) electrons. The number of hydrogen-bond acceptors (Lipinski definition) is 3. The van der Waals surface area contributed by atoms with Crippen LogP contribution in [-0.4, -0.2) is 20.7 Å². The Kier molecular flexibility index (Phi) is 5.47. The second kappa shape index (κ2) is 7.35. The number of nitrogens with zero attached hydrogens (tertiary/aromatic N) is 3. The molecule has 23 heavy (non-hydrogen) atoms. The third-order valence-electron chi connectivity index (χ3n) is 3.46. The third-order valence-corrected chi connectivity index (χ3v) is 3.46. The highest BCUT2D eigenvalue weighted by atomic mass is 19.1. The van der Waals surface area contributed by atoms with Crippen LogP contribution in [0, 0.1) is 11.2 Å². The van der Waals surface area contributed by atoms with Gasteiger partial charge in [0.25, 0.3) is 0 Å². The molecule has 1 aromatic carbocycles. The van der Waals surface area contributed by atoms with E-state index in [0.29, 0.717) is 13.0 Å². The van der Waals surface area contributed by atoms with Crippen LogP contribution in [-0.2, 0) is 11.3 Å². The van der Waals surface area contributed by atoms with Crippen molar-refractivity contribution in [1.29, 1.82) is 0 Å². The van der Waals surface area contributed by atoms with Gasteiger partial charge in [0.1, 0.15) is 18.5 Å². The lowest BCUT2D eigenvalue weighted by atomic mass is 9.85. The van der Waals surface area contributed by atoms with Crippen molar-refractivity contribution < 1.29 is 9.18 Å². The van der Waals surface area contributed by atoms with E-state index < -0.39 is 0 Å². The van der Waals surface area contributed by atoms with E-state index in [9.17, 15) is 9.18 Å². The van der Waals surface area contributed by atoms with Gasteiger partial charge in [0.2, 0.25) is 5.91 Å². The van der Waals surface area contributed by atoms with E-state index in [1.165, 1.54) is 18.5 Å². The highest BCUT2D eigenvalue weighted by Gasteiger charge is 2.22. The molecule has 124 valence electrons. The zero-order valence-electron chi connectivity index (χ0n) is 13.8. The monoisotopic (exact) mass is 318 g/mol. The van der Waals surface area contributed by atoms with Gasteiger partial charge in [-0.15, -0.1) is 0 Å². The molecule has 1 aromatic heterocycles. The first-order chi connectivity index (χ1) is 10.8. The van der Waals surface area contributed by atoms with E-state index in [2.05, 4.69) is 36.2 Å². The number of halogens is 1. The van der Waals surface area contributed by atoms with Crippen LogP contribution in [0.3, 0.4) is 0 Å². The van der Waals surface area contributed by atoms with Gasteiger partial charge in [0, 0.05) is 6.42 Å². The van der Waals surface area contributed by atoms with Gasteiger partial charge < -0.3 is 5.32 Å². The smallest absolute Gasteiger partial charge is 0.222 e. The SMILES string of the molecule is CC(C)(C)C[C@H](NC(=O)CCn1cncn1)c1ccc(F)cc1. The molecule has 1 heterocycles. The molecule has 0 bridgehead atoms. The molecule has 0 aliphatic heterocycles. The van der Waals surface area contributed by atoms with Gasteiger partial charge in [0.05, 0.1) is 12.6 Å². The maximum Gasteiger partial charge on any atom is 0.222 e. The molecule has 0 unspecified atom stereocenters. The molecule has 0 aliphatic carbocycles. The molecule has 0 fully saturated rings. The summed E-state index contributed by atoms with van der Waals surface area (Å²) in [4.78, 5) is 16.1. The topological polar surface area (TPSA) is 59.8 Å². The summed E-state index contributed by atoms with van der Waals surface area (Å²) in [6.45, 7) is 6.83. The Hall–Kier alpha value is -2.24. The molecule has 1 atom stereocenters. The second-order valence-electron chi connectivity index (χ2n) is 6.84. The first kappa shape index (κ1) is 17.1. The number of amides is 1. The number of aryl methyl sites for hydroxylation is 1. The molecule has 5 nitrogen and oxygen atoms in total. The van der Waals surface area contributed by atoms with Crippen molar-refractivity contribution in [3.63, 3.8) is 0 Å². The van der Waals surface area contributed by atoms with Crippen LogP contribution in [0.25, 0.3) is 0 Å². The zero-order valence-corrected chi connectivity index (χ0v) is 13.8. The van der Waals surface area contributed by atoms with Crippen molar-refractivity contribution in [2.45, 2.75) is 46.2 Å². The second-order valence-corrected chi connectivity index (χ2v) is 6.84. The number of nitrogens with one attached hydrogen (secondary N) is 1. The first-order valence-electron chi connectivity index (χ1n) is 7.71. The van der Waals surface area contributed by atoms with Gasteiger partial charge in [-0.1, -0.05) is 32.9 Å². The Morgan fingerprint density at radius 2 is 2.00 bits per heavy atom. The molecule has 1 amide bonds. The quantitative estimate of drug-likeness (QED) is 0.890. The maximum atomic E-state index is 13.1. The summed E-state index contributed by atoms with van der Waals surface area (Å²) in [5.41, 5.74) is 0.952. The number of hydrogen-bond donors (Lipinski definition) is 1. The number of aromatic nitrogens is 3.